The third-order valence-corrected chi connectivity index (χ3v) is 2.47. The van der Waals surface area contributed by atoms with Gasteiger partial charge in [-0.3, -0.25) is 0 Å². The Bertz CT molecular complexity index is 308. The average Bonchev–Trinajstić information content (AvgIpc) is 2.07. The number of aliphatic hydroxyl groups is 2. The van der Waals surface area contributed by atoms with Crippen molar-refractivity contribution in [2.75, 3.05) is 0 Å². The highest BCUT2D eigenvalue weighted by Gasteiger charge is 2.32. The second-order valence-corrected chi connectivity index (χ2v) is 3.30. The van der Waals surface area contributed by atoms with Crippen LogP contribution in [0.4, 0.5) is 0 Å². The summed E-state index contributed by atoms with van der Waals surface area (Å²) < 4.78 is 0. The van der Waals surface area contributed by atoms with Gasteiger partial charge in [0.05, 0.1) is 15.6 Å². The summed E-state index contributed by atoms with van der Waals surface area (Å²) in [5.74, 6) is -1.34. The Balaban J connectivity index is 3.12. The van der Waals surface area contributed by atoms with Crippen LogP contribution >= 0.6 is 23.2 Å². The van der Waals surface area contributed by atoms with Gasteiger partial charge in [0.2, 0.25) is 0 Å². The van der Waals surface area contributed by atoms with E-state index in [4.69, 9.17) is 28.3 Å². The maximum atomic E-state index is 10.5. The maximum absolute atomic E-state index is 10.5. The lowest BCUT2D eigenvalue weighted by Crippen LogP contribution is -2.34. The number of rotatable bonds is 1. The van der Waals surface area contributed by atoms with Gasteiger partial charge in [-0.1, -0.05) is 23.2 Å². The quantitative estimate of drug-likeness (QED) is 0.604. The van der Waals surface area contributed by atoms with Crippen molar-refractivity contribution in [2.24, 2.45) is 0 Å². The lowest BCUT2D eigenvalue weighted by Gasteiger charge is -2.22. The highest BCUT2D eigenvalue weighted by atomic mass is 35.5. The molecule has 1 rings (SSSR count). The van der Waals surface area contributed by atoms with E-state index in [0.717, 1.165) is 6.08 Å². The Kier molecular flexibility index (Phi) is 2.98. The Labute approximate surface area is 83.7 Å². The Hall–Kier alpha value is -0.550. The molecule has 0 saturated heterocycles. The van der Waals surface area contributed by atoms with E-state index in [9.17, 15) is 15.0 Å². The van der Waals surface area contributed by atoms with E-state index < -0.39 is 18.2 Å². The monoisotopic (exact) mass is 224 g/mol. The highest BCUT2D eigenvalue weighted by molar-refractivity contribution is 6.41. The molecule has 1 aliphatic rings. The Morgan fingerprint density at radius 3 is 2.31 bits per heavy atom. The summed E-state index contributed by atoms with van der Waals surface area (Å²) in [5.41, 5.74) is -0.373. The molecule has 4 nitrogen and oxygen atoms in total. The van der Waals surface area contributed by atoms with Crippen LogP contribution < -0.4 is 0 Å². The summed E-state index contributed by atoms with van der Waals surface area (Å²) in [6.07, 6.45) is -1.98. The predicted octanol–water partition coefficient (Wildman–Crippen LogP) is 0.422. The van der Waals surface area contributed by atoms with Crippen molar-refractivity contribution in [3.63, 3.8) is 0 Å². The van der Waals surface area contributed by atoms with Crippen LogP contribution in [0.25, 0.3) is 0 Å². The lowest BCUT2D eigenvalue weighted by atomic mass is 9.99. The zero-order valence-electron chi connectivity index (χ0n) is 6.24. The number of halogens is 2. The lowest BCUT2D eigenvalue weighted by molar-refractivity contribution is -0.134. The average molecular weight is 225 g/mol. The summed E-state index contributed by atoms with van der Waals surface area (Å²) >= 11 is 11.0. The van der Waals surface area contributed by atoms with E-state index in [0.29, 0.717) is 0 Å². The van der Waals surface area contributed by atoms with Crippen LogP contribution in [0.3, 0.4) is 0 Å². The van der Waals surface area contributed by atoms with E-state index in [-0.39, 0.29) is 15.6 Å². The van der Waals surface area contributed by atoms with E-state index in [1.165, 1.54) is 0 Å². The molecule has 0 aromatic carbocycles. The van der Waals surface area contributed by atoms with Crippen molar-refractivity contribution in [1.29, 1.82) is 0 Å². The largest absolute Gasteiger partial charge is 0.478 e. The minimum Gasteiger partial charge on any atom is -0.478 e. The Morgan fingerprint density at radius 2 is 1.85 bits per heavy atom. The molecule has 0 heterocycles. The number of carbonyl (C=O) groups is 1. The molecule has 3 N–H and O–H groups in total. The minimum atomic E-state index is -1.53. The molecule has 0 aromatic heterocycles. The molecule has 72 valence electrons. The first-order valence-electron chi connectivity index (χ1n) is 3.31. The smallest absolute Gasteiger partial charge is 0.334 e. The summed E-state index contributed by atoms with van der Waals surface area (Å²) in [4.78, 5) is 10.5. The molecule has 13 heavy (non-hydrogen) atoms. The molecule has 0 aromatic rings. The summed E-state index contributed by atoms with van der Waals surface area (Å²) in [7, 11) is 0. The van der Waals surface area contributed by atoms with Crippen molar-refractivity contribution in [3.8, 4) is 0 Å². The van der Waals surface area contributed by atoms with Gasteiger partial charge < -0.3 is 15.3 Å². The number of carboxylic acids is 1. The van der Waals surface area contributed by atoms with Gasteiger partial charge in [-0.25, -0.2) is 4.79 Å². The van der Waals surface area contributed by atoms with Crippen molar-refractivity contribution in [3.05, 3.63) is 21.7 Å². The van der Waals surface area contributed by atoms with Crippen LogP contribution in [0.5, 0.6) is 0 Å². The van der Waals surface area contributed by atoms with Gasteiger partial charge in [0.25, 0.3) is 0 Å². The van der Waals surface area contributed by atoms with Crippen LogP contribution in [-0.4, -0.2) is 33.5 Å². The van der Waals surface area contributed by atoms with Gasteiger partial charge in [-0.2, -0.15) is 0 Å². The van der Waals surface area contributed by atoms with E-state index in [1.807, 2.05) is 0 Å². The number of hydrogen-bond donors (Lipinski definition) is 3. The summed E-state index contributed by atoms with van der Waals surface area (Å²) in [5, 5.41) is 26.8. The van der Waals surface area contributed by atoms with Crippen LogP contribution in [0.2, 0.25) is 0 Å². The number of aliphatic carboxylic acids is 1. The molecule has 0 saturated carbocycles. The molecule has 6 heteroatoms. The molecular weight excluding hydrogens is 219 g/mol. The predicted molar refractivity (Wildman–Crippen MR) is 46.5 cm³/mol. The van der Waals surface area contributed by atoms with Gasteiger partial charge in [0.15, 0.2) is 0 Å². The molecule has 0 bridgehead atoms. The summed E-state index contributed by atoms with van der Waals surface area (Å²) in [6, 6.07) is 0. The van der Waals surface area contributed by atoms with E-state index in [1.54, 1.807) is 0 Å². The fraction of sp³-hybridized carbons (Fsp3) is 0.286. The van der Waals surface area contributed by atoms with Gasteiger partial charge in [-0.15, -0.1) is 0 Å². The second kappa shape index (κ2) is 3.67. The van der Waals surface area contributed by atoms with Crippen molar-refractivity contribution in [2.45, 2.75) is 12.2 Å². The zero-order valence-corrected chi connectivity index (χ0v) is 7.75. The normalized spacial score (nSPS) is 28.8. The molecule has 0 amide bonds. The zero-order chi connectivity index (χ0) is 10.2. The number of aliphatic hydroxyl groups excluding tert-OH is 2. The first-order chi connectivity index (χ1) is 5.95. The van der Waals surface area contributed by atoms with Crippen molar-refractivity contribution < 1.29 is 20.1 Å². The molecule has 0 unspecified atom stereocenters. The minimum absolute atomic E-state index is 0.0723. The first kappa shape index (κ1) is 10.5. The van der Waals surface area contributed by atoms with E-state index >= 15 is 0 Å². The molecule has 0 spiro atoms. The summed E-state index contributed by atoms with van der Waals surface area (Å²) in [6.45, 7) is 0. The topological polar surface area (TPSA) is 77.8 Å². The van der Waals surface area contributed by atoms with Crippen LogP contribution in [0.1, 0.15) is 0 Å². The molecule has 0 radical (unpaired) electrons. The number of allylic oxidation sites excluding steroid dienone is 2. The van der Waals surface area contributed by atoms with E-state index in [2.05, 4.69) is 0 Å². The highest BCUT2D eigenvalue weighted by Crippen LogP contribution is 2.29. The molecule has 0 aliphatic heterocycles. The molecule has 1 aliphatic carbocycles. The molecule has 2 atom stereocenters. The molecule has 0 fully saturated rings. The van der Waals surface area contributed by atoms with Gasteiger partial charge in [-0.05, 0) is 6.08 Å². The number of carboxylic acid groups (broad SMARTS) is 1. The Morgan fingerprint density at radius 1 is 1.31 bits per heavy atom. The standard InChI is InChI=1S/C7H6Cl2O4/c8-3-1-2(7(12)13)5(10)6(11)4(3)9/h1,5-6,10-11H,(H,12,13)/t5-,6+/m1/s1. The van der Waals surface area contributed by atoms with Gasteiger partial charge in [0.1, 0.15) is 12.2 Å². The first-order valence-corrected chi connectivity index (χ1v) is 4.07. The van der Waals surface area contributed by atoms with Crippen LogP contribution in [-0.2, 0) is 4.79 Å². The fourth-order valence-electron chi connectivity index (χ4n) is 0.929. The third kappa shape index (κ3) is 1.86. The fourth-order valence-corrected chi connectivity index (χ4v) is 1.33. The van der Waals surface area contributed by atoms with Crippen LogP contribution in [0, 0.1) is 0 Å². The second-order valence-electron chi connectivity index (χ2n) is 2.49. The van der Waals surface area contributed by atoms with Crippen molar-refractivity contribution >= 4 is 29.2 Å². The van der Waals surface area contributed by atoms with Gasteiger partial charge in [0, 0.05) is 0 Å². The maximum Gasteiger partial charge on any atom is 0.334 e. The SMILES string of the molecule is O=C(O)C1=CC(Cl)=C(Cl)[C@H](O)[C@@H]1O. The van der Waals surface area contributed by atoms with Crippen molar-refractivity contribution in [1.82, 2.24) is 0 Å². The number of hydrogen-bond acceptors (Lipinski definition) is 3. The molecular formula is C7H6Cl2O4. The van der Waals surface area contributed by atoms with Gasteiger partial charge >= 0.3 is 5.97 Å². The third-order valence-electron chi connectivity index (χ3n) is 1.63. The van der Waals surface area contributed by atoms with Crippen LogP contribution in [0.15, 0.2) is 21.7 Å².